The Hall–Kier alpha value is -1.17. The second-order valence-corrected chi connectivity index (χ2v) is 6.32. The summed E-state index contributed by atoms with van der Waals surface area (Å²) in [5.41, 5.74) is 0.792. The fourth-order valence-electron chi connectivity index (χ4n) is 3.23. The summed E-state index contributed by atoms with van der Waals surface area (Å²) in [5, 5.41) is 14.7. The number of benzene rings is 1. The number of piperidine rings is 1. The molecule has 2 N–H and O–H groups in total. The fraction of sp³-hybridized carbons (Fsp3) is 0.667. The van der Waals surface area contributed by atoms with Gasteiger partial charge < -0.3 is 19.9 Å². The highest BCUT2D eigenvalue weighted by Crippen LogP contribution is 2.35. The number of aliphatic hydroxyl groups is 1. The van der Waals surface area contributed by atoms with Gasteiger partial charge in [-0.25, -0.2) is 4.39 Å². The average Bonchev–Trinajstić information content (AvgIpc) is 2.56. The summed E-state index contributed by atoms with van der Waals surface area (Å²) in [4.78, 5) is 0. The van der Waals surface area contributed by atoms with Crippen LogP contribution in [0.4, 0.5) is 4.39 Å². The Kier molecular flexibility index (Phi) is 6.39. The summed E-state index contributed by atoms with van der Waals surface area (Å²) in [7, 11) is 1.59. The molecule has 0 spiro atoms. The SMILES string of the molecule is CCCC(OC)C(O)(Oc1cc(F)ccc1C)[C@@H]1CCCNC1. The highest BCUT2D eigenvalue weighted by atomic mass is 19.1. The van der Waals surface area contributed by atoms with Crippen LogP contribution >= 0.6 is 0 Å². The van der Waals surface area contributed by atoms with Gasteiger partial charge in [0.25, 0.3) is 0 Å². The number of halogens is 1. The van der Waals surface area contributed by atoms with Crippen molar-refractivity contribution in [1.82, 2.24) is 5.32 Å². The van der Waals surface area contributed by atoms with Crippen molar-refractivity contribution < 1.29 is 19.0 Å². The van der Waals surface area contributed by atoms with E-state index in [1.54, 1.807) is 13.2 Å². The van der Waals surface area contributed by atoms with Gasteiger partial charge in [-0.2, -0.15) is 0 Å². The Morgan fingerprint density at radius 3 is 2.87 bits per heavy atom. The van der Waals surface area contributed by atoms with E-state index in [1.165, 1.54) is 12.1 Å². The van der Waals surface area contributed by atoms with E-state index in [0.29, 0.717) is 18.7 Å². The molecule has 1 saturated heterocycles. The number of aryl methyl sites for hydroxylation is 1. The van der Waals surface area contributed by atoms with Crippen LogP contribution in [-0.4, -0.2) is 37.2 Å². The molecule has 2 unspecified atom stereocenters. The van der Waals surface area contributed by atoms with Gasteiger partial charge in [0.2, 0.25) is 5.79 Å². The van der Waals surface area contributed by atoms with Crippen LogP contribution < -0.4 is 10.1 Å². The lowest BCUT2D eigenvalue weighted by Gasteiger charge is -2.43. The Bertz CT molecular complexity index is 498. The quantitative estimate of drug-likeness (QED) is 0.757. The molecular weight excluding hydrogens is 297 g/mol. The minimum atomic E-state index is -1.48. The van der Waals surface area contributed by atoms with Crippen LogP contribution in [-0.2, 0) is 4.74 Å². The first-order chi connectivity index (χ1) is 11.0. The van der Waals surface area contributed by atoms with E-state index in [1.807, 2.05) is 13.8 Å². The summed E-state index contributed by atoms with van der Waals surface area (Å²) in [6.07, 6.45) is 2.91. The lowest BCUT2D eigenvalue weighted by atomic mass is 9.85. The molecule has 3 atom stereocenters. The van der Waals surface area contributed by atoms with Crippen LogP contribution in [0.1, 0.15) is 38.2 Å². The molecule has 23 heavy (non-hydrogen) atoms. The van der Waals surface area contributed by atoms with Crippen LogP contribution in [0.15, 0.2) is 18.2 Å². The Morgan fingerprint density at radius 2 is 2.26 bits per heavy atom. The maximum Gasteiger partial charge on any atom is 0.238 e. The van der Waals surface area contributed by atoms with Gasteiger partial charge in [0.15, 0.2) is 0 Å². The minimum Gasteiger partial charge on any atom is -0.459 e. The zero-order valence-electron chi connectivity index (χ0n) is 14.3. The first-order valence-electron chi connectivity index (χ1n) is 8.42. The smallest absolute Gasteiger partial charge is 0.238 e. The number of methoxy groups -OCH3 is 1. The maximum atomic E-state index is 13.6. The number of hydrogen-bond donors (Lipinski definition) is 2. The van der Waals surface area contributed by atoms with Crippen molar-refractivity contribution in [3.8, 4) is 5.75 Å². The molecule has 0 radical (unpaired) electrons. The molecule has 1 heterocycles. The lowest BCUT2D eigenvalue weighted by Crippen LogP contribution is -2.58. The van der Waals surface area contributed by atoms with Crippen molar-refractivity contribution in [3.63, 3.8) is 0 Å². The van der Waals surface area contributed by atoms with Gasteiger partial charge in [0.1, 0.15) is 17.7 Å². The third kappa shape index (κ3) is 4.22. The van der Waals surface area contributed by atoms with E-state index in [4.69, 9.17) is 9.47 Å². The van der Waals surface area contributed by atoms with Gasteiger partial charge in [-0.05, 0) is 44.4 Å². The predicted octanol–water partition coefficient (Wildman–Crippen LogP) is 3.02. The summed E-state index contributed by atoms with van der Waals surface area (Å²) in [6, 6.07) is 4.38. The summed E-state index contributed by atoms with van der Waals surface area (Å²) in [6.45, 7) is 5.49. The van der Waals surface area contributed by atoms with E-state index in [9.17, 15) is 9.50 Å². The molecule has 1 fully saturated rings. The van der Waals surface area contributed by atoms with Gasteiger partial charge in [0.05, 0.1) is 0 Å². The van der Waals surface area contributed by atoms with Crippen molar-refractivity contribution in [2.75, 3.05) is 20.2 Å². The third-order valence-electron chi connectivity index (χ3n) is 4.60. The largest absolute Gasteiger partial charge is 0.459 e. The fourth-order valence-corrected chi connectivity index (χ4v) is 3.23. The highest BCUT2D eigenvalue weighted by molar-refractivity contribution is 5.33. The van der Waals surface area contributed by atoms with E-state index in [-0.39, 0.29) is 11.7 Å². The average molecular weight is 325 g/mol. The summed E-state index contributed by atoms with van der Waals surface area (Å²) < 4.78 is 25.2. The number of nitrogens with one attached hydrogen (secondary N) is 1. The number of ether oxygens (including phenoxy) is 2. The number of hydrogen-bond acceptors (Lipinski definition) is 4. The van der Waals surface area contributed by atoms with Crippen LogP contribution in [0.2, 0.25) is 0 Å². The van der Waals surface area contributed by atoms with Crippen LogP contribution in [0, 0.1) is 18.7 Å². The standard InChI is InChI=1S/C18H28FNO3/c1-4-6-17(22-3)18(21,14-7-5-10-20-12-14)23-16-11-15(19)9-8-13(16)2/h8-9,11,14,17,20-21H,4-7,10,12H2,1-3H3/t14-,17?,18?/m1/s1. The first kappa shape index (κ1) is 18.2. The molecule has 0 bridgehead atoms. The third-order valence-corrected chi connectivity index (χ3v) is 4.60. The normalized spacial score (nSPS) is 22.4. The molecule has 0 aromatic heterocycles. The van der Waals surface area contributed by atoms with Crippen molar-refractivity contribution >= 4 is 0 Å². The van der Waals surface area contributed by atoms with Gasteiger partial charge in [-0.15, -0.1) is 0 Å². The van der Waals surface area contributed by atoms with E-state index in [2.05, 4.69) is 5.32 Å². The van der Waals surface area contributed by atoms with E-state index >= 15 is 0 Å². The van der Waals surface area contributed by atoms with Crippen molar-refractivity contribution in [1.29, 1.82) is 0 Å². The van der Waals surface area contributed by atoms with Gasteiger partial charge >= 0.3 is 0 Å². The number of rotatable bonds is 7. The second-order valence-electron chi connectivity index (χ2n) is 6.32. The zero-order valence-corrected chi connectivity index (χ0v) is 14.3. The Balaban J connectivity index is 2.33. The minimum absolute atomic E-state index is 0.101. The highest BCUT2D eigenvalue weighted by Gasteiger charge is 2.47. The Morgan fingerprint density at radius 1 is 1.48 bits per heavy atom. The van der Waals surface area contributed by atoms with Crippen molar-refractivity contribution in [2.24, 2.45) is 5.92 Å². The lowest BCUT2D eigenvalue weighted by molar-refractivity contribution is -0.249. The second kappa shape index (κ2) is 8.08. The molecule has 5 heteroatoms. The molecule has 0 saturated carbocycles. The zero-order chi connectivity index (χ0) is 16.9. The molecule has 1 aliphatic heterocycles. The first-order valence-corrected chi connectivity index (χ1v) is 8.42. The van der Waals surface area contributed by atoms with Crippen molar-refractivity contribution in [3.05, 3.63) is 29.6 Å². The molecule has 0 amide bonds. The van der Waals surface area contributed by atoms with Crippen LogP contribution in [0.5, 0.6) is 5.75 Å². The molecular formula is C18H28FNO3. The maximum absolute atomic E-state index is 13.6. The molecule has 0 aliphatic carbocycles. The molecule has 1 aromatic rings. The van der Waals surface area contributed by atoms with Crippen LogP contribution in [0.25, 0.3) is 0 Å². The molecule has 1 aromatic carbocycles. The molecule has 130 valence electrons. The van der Waals surface area contributed by atoms with Gasteiger partial charge in [0, 0.05) is 25.6 Å². The van der Waals surface area contributed by atoms with Gasteiger partial charge in [-0.3, -0.25) is 0 Å². The van der Waals surface area contributed by atoms with E-state index < -0.39 is 11.9 Å². The monoisotopic (exact) mass is 325 g/mol. The molecule has 2 rings (SSSR count). The Labute approximate surface area is 138 Å². The van der Waals surface area contributed by atoms with Crippen LogP contribution in [0.3, 0.4) is 0 Å². The van der Waals surface area contributed by atoms with E-state index in [0.717, 1.165) is 31.4 Å². The van der Waals surface area contributed by atoms with Gasteiger partial charge in [-0.1, -0.05) is 19.4 Å². The summed E-state index contributed by atoms with van der Waals surface area (Å²) >= 11 is 0. The summed E-state index contributed by atoms with van der Waals surface area (Å²) in [5.74, 6) is -1.58. The van der Waals surface area contributed by atoms with Crippen molar-refractivity contribution in [2.45, 2.75) is 51.4 Å². The predicted molar refractivity (Wildman–Crippen MR) is 88.0 cm³/mol. The molecule has 4 nitrogen and oxygen atoms in total. The topological polar surface area (TPSA) is 50.7 Å². The molecule has 1 aliphatic rings.